The van der Waals surface area contributed by atoms with Crippen molar-refractivity contribution in [3.8, 4) is 0 Å². The molecule has 7 nitrogen and oxygen atoms in total. The largest absolute Gasteiger partial charge is 0.329 e. The Labute approximate surface area is 151 Å². The number of alkyl halides is 2. The number of hydrogen-bond donors (Lipinski definition) is 3. The minimum atomic E-state index is -3.98. The second-order valence-corrected chi connectivity index (χ2v) is 8.74. The van der Waals surface area contributed by atoms with E-state index in [4.69, 9.17) is 5.41 Å². The number of halogens is 3. The number of aromatic nitrogens is 2. The zero-order chi connectivity index (χ0) is 19.1. The lowest BCUT2D eigenvalue weighted by Crippen LogP contribution is -2.34. The molecule has 2 aromatic rings. The maximum atomic E-state index is 14.3. The number of benzene rings is 1. The number of hydrogen-bond acceptors (Lipinski definition) is 7. The SMILES string of the molecule is CC1(NS(=O)(=O)c2cc(F)c(C=N)c(Nc3nnc(C(F)F)s3)c2)CC1. The average molecular weight is 405 g/mol. The Morgan fingerprint density at radius 3 is 2.58 bits per heavy atom. The molecule has 3 N–H and O–H groups in total. The van der Waals surface area contributed by atoms with Crippen molar-refractivity contribution >= 4 is 38.4 Å². The highest BCUT2D eigenvalue weighted by atomic mass is 32.2. The van der Waals surface area contributed by atoms with Gasteiger partial charge in [0.2, 0.25) is 15.2 Å². The topological polar surface area (TPSA) is 108 Å². The fourth-order valence-electron chi connectivity index (χ4n) is 2.16. The van der Waals surface area contributed by atoms with Crippen LogP contribution in [-0.2, 0) is 10.0 Å². The van der Waals surface area contributed by atoms with Gasteiger partial charge in [-0.05, 0) is 31.9 Å². The van der Waals surface area contributed by atoms with Crippen molar-refractivity contribution in [2.24, 2.45) is 0 Å². The van der Waals surface area contributed by atoms with Crippen LogP contribution in [0.5, 0.6) is 0 Å². The first-order valence-electron chi connectivity index (χ1n) is 7.40. The lowest BCUT2D eigenvalue weighted by molar-refractivity contribution is 0.150. The van der Waals surface area contributed by atoms with Crippen LogP contribution in [0.15, 0.2) is 17.0 Å². The summed E-state index contributed by atoms with van der Waals surface area (Å²) in [6.07, 6.45) is -0.755. The van der Waals surface area contributed by atoms with Gasteiger partial charge in [0.1, 0.15) is 5.82 Å². The normalized spacial score (nSPS) is 15.9. The van der Waals surface area contributed by atoms with Gasteiger partial charge in [0, 0.05) is 11.8 Å². The zero-order valence-corrected chi connectivity index (χ0v) is 15.0. The Kier molecular flexibility index (Phi) is 4.75. The third kappa shape index (κ3) is 3.86. The Morgan fingerprint density at radius 1 is 1.35 bits per heavy atom. The van der Waals surface area contributed by atoms with Crippen LogP contribution in [0, 0.1) is 11.2 Å². The molecule has 26 heavy (non-hydrogen) atoms. The summed E-state index contributed by atoms with van der Waals surface area (Å²) in [6.45, 7) is 1.74. The molecule has 0 aliphatic heterocycles. The van der Waals surface area contributed by atoms with E-state index in [-0.39, 0.29) is 21.3 Å². The van der Waals surface area contributed by atoms with Gasteiger partial charge in [-0.3, -0.25) is 0 Å². The molecule has 1 heterocycles. The van der Waals surface area contributed by atoms with E-state index in [0.29, 0.717) is 30.4 Å². The van der Waals surface area contributed by atoms with Crippen molar-refractivity contribution < 1.29 is 21.6 Å². The van der Waals surface area contributed by atoms with Crippen LogP contribution in [0.4, 0.5) is 24.0 Å². The summed E-state index contributed by atoms with van der Waals surface area (Å²) < 4.78 is 66.9. The van der Waals surface area contributed by atoms with Crippen molar-refractivity contribution in [3.63, 3.8) is 0 Å². The van der Waals surface area contributed by atoms with Gasteiger partial charge in [0.05, 0.1) is 16.1 Å². The number of sulfonamides is 1. The van der Waals surface area contributed by atoms with Gasteiger partial charge in [-0.2, -0.15) is 0 Å². The van der Waals surface area contributed by atoms with Crippen LogP contribution < -0.4 is 10.0 Å². The first-order chi connectivity index (χ1) is 12.1. The van der Waals surface area contributed by atoms with Crippen LogP contribution in [-0.4, -0.2) is 30.4 Å². The van der Waals surface area contributed by atoms with Crippen molar-refractivity contribution in [1.29, 1.82) is 5.41 Å². The third-order valence-electron chi connectivity index (χ3n) is 3.81. The second-order valence-electron chi connectivity index (χ2n) is 6.05. The highest BCUT2D eigenvalue weighted by molar-refractivity contribution is 7.89. The summed E-state index contributed by atoms with van der Waals surface area (Å²) in [7, 11) is -3.98. The third-order valence-corrected chi connectivity index (χ3v) is 6.27. The molecule has 0 bridgehead atoms. The van der Waals surface area contributed by atoms with E-state index in [1.54, 1.807) is 6.92 Å². The lowest BCUT2D eigenvalue weighted by Gasteiger charge is -2.15. The van der Waals surface area contributed by atoms with Crippen molar-refractivity contribution in [2.45, 2.75) is 36.6 Å². The molecule has 0 amide bonds. The molecule has 0 spiro atoms. The van der Waals surface area contributed by atoms with Gasteiger partial charge < -0.3 is 10.7 Å². The molecule has 0 atom stereocenters. The summed E-state index contributed by atoms with van der Waals surface area (Å²) in [5.41, 5.74) is -0.859. The predicted molar refractivity (Wildman–Crippen MR) is 90.4 cm³/mol. The van der Waals surface area contributed by atoms with E-state index in [1.807, 2.05) is 0 Å². The summed E-state index contributed by atoms with van der Waals surface area (Å²) in [5.74, 6) is -0.940. The molecule has 0 unspecified atom stereocenters. The van der Waals surface area contributed by atoms with E-state index >= 15 is 0 Å². The fourth-order valence-corrected chi connectivity index (χ4v) is 4.27. The summed E-state index contributed by atoms with van der Waals surface area (Å²) in [5, 5.41) is 16.1. The van der Waals surface area contributed by atoms with Gasteiger partial charge in [-0.25, -0.2) is 26.3 Å². The Morgan fingerprint density at radius 2 is 2.04 bits per heavy atom. The van der Waals surface area contributed by atoms with Crippen molar-refractivity contribution in [3.05, 3.63) is 28.5 Å². The highest BCUT2D eigenvalue weighted by Crippen LogP contribution is 2.37. The first-order valence-corrected chi connectivity index (χ1v) is 9.70. The number of nitrogens with one attached hydrogen (secondary N) is 3. The van der Waals surface area contributed by atoms with Crippen LogP contribution in [0.1, 0.15) is 36.8 Å². The smallest absolute Gasteiger partial charge is 0.291 e. The van der Waals surface area contributed by atoms with Crippen LogP contribution >= 0.6 is 11.3 Å². The highest BCUT2D eigenvalue weighted by Gasteiger charge is 2.41. The Bertz CT molecular complexity index is 957. The molecule has 1 fully saturated rings. The zero-order valence-electron chi connectivity index (χ0n) is 13.4. The van der Waals surface area contributed by atoms with Crippen molar-refractivity contribution in [1.82, 2.24) is 14.9 Å². The van der Waals surface area contributed by atoms with Gasteiger partial charge in [-0.15, -0.1) is 10.2 Å². The molecule has 1 aliphatic rings. The standard InChI is InChI=1S/C14H14F3N5O2S2/c1-14(2-3-14)22-26(23,24)7-4-9(15)8(6-18)10(5-7)19-13-21-20-12(25-13)11(16)17/h4-6,11,18,22H,2-3H2,1H3,(H,19,21). The quantitative estimate of drug-likeness (QED) is 0.613. The second kappa shape index (κ2) is 6.59. The lowest BCUT2D eigenvalue weighted by atomic mass is 10.2. The Balaban J connectivity index is 1.97. The molecule has 1 aromatic heterocycles. The molecule has 1 aliphatic carbocycles. The molecule has 12 heteroatoms. The van der Waals surface area contributed by atoms with E-state index in [2.05, 4.69) is 20.2 Å². The van der Waals surface area contributed by atoms with Gasteiger partial charge in [0.15, 0.2) is 5.01 Å². The molecule has 0 saturated heterocycles. The predicted octanol–water partition coefficient (Wildman–Crippen LogP) is 3.19. The molecule has 1 saturated carbocycles. The van der Waals surface area contributed by atoms with Crippen LogP contribution in [0.3, 0.4) is 0 Å². The van der Waals surface area contributed by atoms with Gasteiger partial charge in [-0.1, -0.05) is 11.3 Å². The van der Waals surface area contributed by atoms with Crippen molar-refractivity contribution in [2.75, 3.05) is 5.32 Å². The first kappa shape index (κ1) is 18.7. The van der Waals surface area contributed by atoms with E-state index in [0.717, 1.165) is 12.1 Å². The maximum absolute atomic E-state index is 14.3. The number of rotatable bonds is 7. The van der Waals surface area contributed by atoms with E-state index in [9.17, 15) is 21.6 Å². The Hall–Kier alpha value is -2.05. The molecular weight excluding hydrogens is 391 g/mol. The van der Waals surface area contributed by atoms with Crippen LogP contribution in [0.25, 0.3) is 0 Å². The number of nitrogens with zero attached hydrogens (tertiary/aromatic N) is 2. The molecule has 1 aromatic carbocycles. The van der Waals surface area contributed by atoms with Gasteiger partial charge >= 0.3 is 0 Å². The molecule has 3 rings (SSSR count). The summed E-state index contributed by atoms with van der Waals surface area (Å²) in [6, 6.07) is 1.94. The fraction of sp³-hybridized carbons (Fsp3) is 0.357. The summed E-state index contributed by atoms with van der Waals surface area (Å²) >= 11 is 0.548. The average Bonchev–Trinajstić information content (AvgIpc) is 3.07. The van der Waals surface area contributed by atoms with Gasteiger partial charge in [0.25, 0.3) is 6.43 Å². The minimum absolute atomic E-state index is 0.0699. The maximum Gasteiger partial charge on any atom is 0.291 e. The molecule has 0 radical (unpaired) electrons. The molecular formula is C14H14F3N5O2S2. The summed E-state index contributed by atoms with van der Waals surface area (Å²) in [4.78, 5) is -0.338. The molecule has 140 valence electrons. The van der Waals surface area contributed by atoms with E-state index < -0.39 is 32.8 Å². The van der Waals surface area contributed by atoms with Crippen LogP contribution in [0.2, 0.25) is 0 Å². The van der Waals surface area contributed by atoms with E-state index in [1.165, 1.54) is 0 Å². The minimum Gasteiger partial charge on any atom is -0.329 e. The monoisotopic (exact) mass is 405 g/mol. The number of anilines is 2.